The van der Waals surface area contributed by atoms with Crippen LogP contribution in [0.5, 0.6) is 0 Å². The first-order valence-corrected chi connectivity index (χ1v) is 10.0. The van der Waals surface area contributed by atoms with Gasteiger partial charge in [0.1, 0.15) is 0 Å². The van der Waals surface area contributed by atoms with E-state index in [0.29, 0.717) is 18.1 Å². The van der Waals surface area contributed by atoms with Gasteiger partial charge in [0.15, 0.2) is 0 Å². The summed E-state index contributed by atoms with van der Waals surface area (Å²) in [5.41, 5.74) is 3.01. The van der Waals surface area contributed by atoms with E-state index < -0.39 is 0 Å². The smallest absolute Gasteiger partial charge is 0.338 e. The molecule has 1 amide bonds. The van der Waals surface area contributed by atoms with E-state index in [-0.39, 0.29) is 29.9 Å². The number of carbonyl (C=O) groups is 2. The largest absolute Gasteiger partial charge is 0.462 e. The lowest BCUT2D eigenvalue weighted by molar-refractivity contribution is -0.117. The van der Waals surface area contributed by atoms with E-state index in [0.717, 1.165) is 23.4 Å². The number of benzene rings is 1. The third kappa shape index (κ3) is 4.09. The predicted molar refractivity (Wildman–Crippen MR) is 112 cm³/mol. The van der Waals surface area contributed by atoms with Crippen molar-refractivity contribution in [2.45, 2.75) is 53.1 Å². The first-order chi connectivity index (χ1) is 13.9. The van der Waals surface area contributed by atoms with E-state index in [1.165, 1.54) is 0 Å². The first-order valence-electron chi connectivity index (χ1n) is 10.0. The molecule has 29 heavy (non-hydrogen) atoms. The lowest BCUT2D eigenvalue weighted by Crippen LogP contribution is -2.49. The van der Waals surface area contributed by atoms with E-state index >= 15 is 0 Å². The van der Waals surface area contributed by atoms with Gasteiger partial charge in [0.05, 0.1) is 18.2 Å². The fourth-order valence-corrected chi connectivity index (χ4v) is 4.11. The molecule has 7 heteroatoms. The van der Waals surface area contributed by atoms with Crippen molar-refractivity contribution >= 4 is 23.5 Å². The Morgan fingerprint density at radius 1 is 1.24 bits per heavy atom. The lowest BCUT2D eigenvalue weighted by atomic mass is 9.80. The summed E-state index contributed by atoms with van der Waals surface area (Å²) in [6.45, 7) is 9.77. The molecule has 1 N–H and O–H groups in total. The minimum absolute atomic E-state index is 0.0147. The van der Waals surface area contributed by atoms with Crippen LogP contribution in [0.4, 0.5) is 11.6 Å². The SMILES string of the molecule is CCOC(=O)c1ccc2c(c1)[C@H](Nc1nccc(C)n1)[C@@H](C)[C@H](CC)N2C(C)=O. The number of rotatable bonds is 5. The van der Waals surface area contributed by atoms with Crippen molar-refractivity contribution in [3.8, 4) is 0 Å². The minimum atomic E-state index is -0.375. The molecule has 7 nitrogen and oxygen atoms in total. The molecule has 0 spiro atoms. The highest BCUT2D eigenvalue weighted by Gasteiger charge is 2.40. The molecule has 2 heterocycles. The molecule has 0 bridgehead atoms. The standard InChI is InChI=1S/C22H28N4O3/c1-6-18-14(4)20(25-22-23-11-10-13(3)24-22)17-12-16(21(28)29-7-2)8-9-19(17)26(18)15(5)27/h8-12,14,18,20H,6-7H2,1-5H3,(H,23,24,25)/t14-,18-,20+/m0/s1. The number of fused-ring (bicyclic) bond motifs is 1. The van der Waals surface area contributed by atoms with Crippen LogP contribution in [-0.2, 0) is 9.53 Å². The van der Waals surface area contributed by atoms with Gasteiger partial charge in [0, 0.05) is 36.5 Å². The van der Waals surface area contributed by atoms with Crippen molar-refractivity contribution < 1.29 is 14.3 Å². The number of aryl methyl sites for hydroxylation is 1. The van der Waals surface area contributed by atoms with Gasteiger partial charge in [0.2, 0.25) is 11.9 Å². The summed E-state index contributed by atoms with van der Waals surface area (Å²) >= 11 is 0. The normalized spacial score (nSPS) is 20.7. The molecule has 1 aromatic heterocycles. The molecule has 0 fully saturated rings. The number of anilines is 2. The number of aromatic nitrogens is 2. The quantitative estimate of drug-likeness (QED) is 0.772. The van der Waals surface area contributed by atoms with Crippen LogP contribution in [0.2, 0.25) is 0 Å². The van der Waals surface area contributed by atoms with Crippen molar-refractivity contribution in [1.29, 1.82) is 0 Å². The average Bonchev–Trinajstić information content (AvgIpc) is 2.69. The Labute approximate surface area is 171 Å². The molecule has 1 aliphatic heterocycles. The van der Waals surface area contributed by atoms with Gasteiger partial charge in [-0.1, -0.05) is 13.8 Å². The molecule has 154 valence electrons. The molecule has 0 unspecified atom stereocenters. The summed E-state index contributed by atoms with van der Waals surface area (Å²) in [6, 6.07) is 7.09. The first kappa shape index (κ1) is 20.8. The summed E-state index contributed by atoms with van der Waals surface area (Å²) in [4.78, 5) is 35.5. The summed E-state index contributed by atoms with van der Waals surface area (Å²) < 4.78 is 5.17. The van der Waals surface area contributed by atoms with Crippen LogP contribution in [0.15, 0.2) is 30.5 Å². The fourth-order valence-electron chi connectivity index (χ4n) is 4.11. The molecule has 3 atom stereocenters. The zero-order valence-corrected chi connectivity index (χ0v) is 17.6. The highest BCUT2D eigenvalue weighted by atomic mass is 16.5. The predicted octanol–water partition coefficient (Wildman–Crippen LogP) is 3.90. The second-order valence-electron chi connectivity index (χ2n) is 7.36. The van der Waals surface area contributed by atoms with Crippen LogP contribution in [0.1, 0.15) is 61.8 Å². The maximum atomic E-state index is 12.5. The monoisotopic (exact) mass is 396 g/mol. The van der Waals surface area contributed by atoms with Crippen LogP contribution < -0.4 is 10.2 Å². The van der Waals surface area contributed by atoms with Crippen LogP contribution >= 0.6 is 0 Å². The minimum Gasteiger partial charge on any atom is -0.462 e. The van der Waals surface area contributed by atoms with Gasteiger partial charge in [-0.25, -0.2) is 14.8 Å². The van der Waals surface area contributed by atoms with Gasteiger partial charge < -0.3 is 15.0 Å². The van der Waals surface area contributed by atoms with Crippen LogP contribution in [0, 0.1) is 12.8 Å². The number of hydrogen-bond acceptors (Lipinski definition) is 6. The molecule has 0 radical (unpaired) electrons. The molecule has 3 rings (SSSR count). The van der Waals surface area contributed by atoms with Crippen molar-refractivity contribution in [2.75, 3.05) is 16.8 Å². The number of nitrogens with zero attached hydrogens (tertiary/aromatic N) is 3. The molecule has 0 aliphatic carbocycles. The third-order valence-electron chi connectivity index (χ3n) is 5.43. The highest BCUT2D eigenvalue weighted by Crippen LogP contribution is 2.43. The van der Waals surface area contributed by atoms with Gasteiger partial charge in [-0.3, -0.25) is 4.79 Å². The maximum Gasteiger partial charge on any atom is 0.338 e. The Morgan fingerprint density at radius 3 is 2.62 bits per heavy atom. The van der Waals surface area contributed by atoms with Crippen molar-refractivity contribution in [2.24, 2.45) is 5.92 Å². The summed E-state index contributed by atoms with van der Waals surface area (Å²) in [5, 5.41) is 3.44. The van der Waals surface area contributed by atoms with Crippen LogP contribution in [-0.4, -0.2) is 34.5 Å². The number of nitrogens with one attached hydrogen (secondary N) is 1. The highest BCUT2D eigenvalue weighted by molar-refractivity contribution is 5.96. The molecule has 1 aliphatic rings. The Balaban J connectivity index is 2.11. The summed E-state index contributed by atoms with van der Waals surface area (Å²) in [6.07, 6.45) is 2.53. The molecule has 2 aromatic rings. The van der Waals surface area contributed by atoms with Gasteiger partial charge in [-0.15, -0.1) is 0 Å². The van der Waals surface area contributed by atoms with Crippen LogP contribution in [0.3, 0.4) is 0 Å². The number of amides is 1. The van der Waals surface area contributed by atoms with Crippen LogP contribution in [0.25, 0.3) is 0 Å². The van der Waals surface area contributed by atoms with E-state index in [4.69, 9.17) is 4.74 Å². The molecule has 0 saturated heterocycles. The fraction of sp³-hybridized carbons (Fsp3) is 0.455. The zero-order chi connectivity index (χ0) is 21.1. The van der Waals surface area contributed by atoms with E-state index in [1.807, 2.05) is 30.0 Å². The number of esters is 1. The Morgan fingerprint density at radius 2 is 2.00 bits per heavy atom. The molecular formula is C22H28N4O3. The van der Waals surface area contributed by atoms with Crippen molar-refractivity contribution in [3.05, 3.63) is 47.3 Å². The Hall–Kier alpha value is -2.96. The Kier molecular flexibility index (Phi) is 6.15. The van der Waals surface area contributed by atoms with E-state index in [9.17, 15) is 9.59 Å². The van der Waals surface area contributed by atoms with Crippen molar-refractivity contribution in [3.63, 3.8) is 0 Å². The lowest BCUT2D eigenvalue weighted by Gasteiger charge is -2.45. The molecule has 0 saturated carbocycles. The second-order valence-corrected chi connectivity index (χ2v) is 7.36. The number of hydrogen-bond donors (Lipinski definition) is 1. The molecule has 1 aromatic carbocycles. The topological polar surface area (TPSA) is 84.4 Å². The zero-order valence-electron chi connectivity index (χ0n) is 17.6. The third-order valence-corrected chi connectivity index (χ3v) is 5.43. The maximum absolute atomic E-state index is 12.5. The average molecular weight is 396 g/mol. The Bertz CT molecular complexity index is 915. The summed E-state index contributed by atoms with van der Waals surface area (Å²) in [5.74, 6) is 0.220. The van der Waals surface area contributed by atoms with E-state index in [2.05, 4.69) is 29.1 Å². The van der Waals surface area contributed by atoms with Gasteiger partial charge in [-0.2, -0.15) is 0 Å². The summed E-state index contributed by atoms with van der Waals surface area (Å²) in [7, 11) is 0. The van der Waals surface area contributed by atoms with Gasteiger partial charge in [0.25, 0.3) is 0 Å². The van der Waals surface area contributed by atoms with Crippen molar-refractivity contribution in [1.82, 2.24) is 9.97 Å². The molecular weight excluding hydrogens is 368 g/mol. The van der Waals surface area contributed by atoms with Gasteiger partial charge >= 0.3 is 5.97 Å². The van der Waals surface area contributed by atoms with E-state index in [1.54, 1.807) is 26.1 Å². The van der Waals surface area contributed by atoms with Gasteiger partial charge in [-0.05, 0) is 50.1 Å². The second kappa shape index (κ2) is 8.59. The number of ether oxygens (including phenoxy) is 1. The number of carbonyl (C=O) groups excluding carboxylic acids is 2.